The first-order valence-electron chi connectivity index (χ1n) is 17.7. The molecule has 13 nitrogen and oxygen atoms in total. The lowest BCUT2D eigenvalue weighted by Crippen LogP contribution is -2.43. The third kappa shape index (κ3) is 7.71. The number of nitrogens with zero attached hydrogens (tertiary/aromatic N) is 7. The lowest BCUT2D eigenvalue weighted by molar-refractivity contribution is -0.140. The van der Waals surface area contributed by atoms with Crippen molar-refractivity contribution in [1.82, 2.24) is 29.5 Å². The molecule has 2 fully saturated rings. The second kappa shape index (κ2) is 15.1. The number of carbonyl (C=O) groups is 2. The summed E-state index contributed by atoms with van der Waals surface area (Å²) in [6.45, 7) is 8.04. The number of anilines is 2. The quantitative estimate of drug-likeness (QED) is 0.248. The molecule has 2 aromatic heterocycles. The van der Waals surface area contributed by atoms with Crippen molar-refractivity contribution in [2.75, 3.05) is 51.0 Å². The first-order valence-corrected chi connectivity index (χ1v) is 17.7. The zero-order valence-electron chi connectivity index (χ0n) is 30.4. The molecular formula is C36H44F5N9O4. The second-order valence-electron chi connectivity index (χ2n) is 14.3. The minimum atomic E-state index is -4.89. The Bertz CT molecular complexity index is 1940. The van der Waals surface area contributed by atoms with Gasteiger partial charge in [-0.05, 0) is 76.4 Å². The Kier molecular flexibility index (Phi) is 10.9. The molecule has 2 saturated heterocycles. The fourth-order valence-electron chi connectivity index (χ4n) is 8.11. The third-order valence-corrected chi connectivity index (χ3v) is 10.6. The summed E-state index contributed by atoms with van der Waals surface area (Å²) < 4.78 is 78.1. The molecule has 0 bridgehead atoms. The van der Waals surface area contributed by atoms with Gasteiger partial charge < -0.3 is 30.7 Å². The number of ether oxygens (including phenoxy) is 2. The number of aromatic nitrogens is 4. The SMILES string of the molecule is C=C(F)F.Cc1c(C(=O)N(C)C)nn2c1CN(c1nc(OCC34CCCN3CCC4)nc3c1COC(c1cc(N)cc(C(N)=O)c1C(F)(F)F)C3)CCC2. The molecule has 4 aliphatic rings. The molecule has 0 spiro atoms. The van der Waals surface area contributed by atoms with E-state index in [0.29, 0.717) is 55.4 Å². The number of nitrogens with two attached hydrogens (primary N) is 2. The lowest BCUT2D eigenvalue weighted by atomic mass is 9.91. The number of alkyl halides is 3. The molecule has 1 aromatic carbocycles. The van der Waals surface area contributed by atoms with Crippen LogP contribution in [-0.4, -0.2) is 87.2 Å². The van der Waals surface area contributed by atoms with Crippen LogP contribution in [0.3, 0.4) is 0 Å². The first kappa shape index (κ1) is 38.9. The van der Waals surface area contributed by atoms with Gasteiger partial charge in [-0.2, -0.15) is 37.0 Å². The van der Waals surface area contributed by atoms with Crippen LogP contribution in [0.5, 0.6) is 6.01 Å². The fraction of sp³-hybridized carbons (Fsp3) is 0.528. The Morgan fingerprint density at radius 3 is 2.41 bits per heavy atom. The largest absolute Gasteiger partial charge is 0.461 e. The molecule has 0 aliphatic carbocycles. The molecule has 292 valence electrons. The standard InChI is InChI=1S/C34H42F3N9O4.C2H2F2/c1-19-25-16-44(9-6-12-46(25)42-28(19)31(48)43(2)3)30-23-17-49-26(21-13-20(38)14-22(29(39)47)27(21)34(35,36)37)15-24(23)40-32(41-30)50-18-33-7-4-10-45(33)11-5-8-33;1-2(3)4/h13-14,26H,4-12,15-18,38H2,1-3H3,(H2,39,47);1H2. The van der Waals surface area contributed by atoms with Gasteiger partial charge in [0.15, 0.2) is 5.69 Å². The molecular weight excluding hydrogens is 717 g/mol. The molecule has 2 amide bonds. The Hall–Kier alpha value is -4.84. The van der Waals surface area contributed by atoms with Crippen LogP contribution in [0.15, 0.2) is 24.8 Å². The van der Waals surface area contributed by atoms with Crippen molar-refractivity contribution in [1.29, 1.82) is 0 Å². The first-order chi connectivity index (χ1) is 25.5. The molecule has 0 saturated carbocycles. The number of aryl methyl sites for hydroxylation is 1. The summed E-state index contributed by atoms with van der Waals surface area (Å²) in [5.41, 5.74) is 12.2. The van der Waals surface area contributed by atoms with Crippen LogP contribution in [0, 0.1) is 6.92 Å². The summed E-state index contributed by atoms with van der Waals surface area (Å²) in [5, 5.41) is 4.64. The van der Waals surface area contributed by atoms with Crippen LogP contribution in [0.4, 0.5) is 33.5 Å². The van der Waals surface area contributed by atoms with Crippen molar-refractivity contribution >= 4 is 23.3 Å². The van der Waals surface area contributed by atoms with Crippen molar-refractivity contribution in [3.63, 3.8) is 0 Å². The zero-order chi connectivity index (χ0) is 39.1. The number of fused-ring (bicyclic) bond motifs is 3. The van der Waals surface area contributed by atoms with Gasteiger partial charge in [-0.1, -0.05) is 0 Å². The van der Waals surface area contributed by atoms with Gasteiger partial charge in [-0.25, -0.2) is 0 Å². The van der Waals surface area contributed by atoms with Gasteiger partial charge in [0.25, 0.3) is 12.0 Å². The van der Waals surface area contributed by atoms with Gasteiger partial charge in [-0.3, -0.25) is 19.2 Å². The number of amides is 2. The average molecular weight is 762 g/mol. The average Bonchev–Trinajstić information content (AvgIpc) is 3.72. The van der Waals surface area contributed by atoms with E-state index in [2.05, 4.69) is 21.5 Å². The Morgan fingerprint density at radius 2 is 1.78 bits per heavy atom. The molecule has 6 heterocycles. The van der Waals surface area contributed by atoms with Crippen molar-refractivity contribution in [3.8, 4) is 6.01 Å². The maximum absolute atomic E-state index is 14.5. The normalized spacial score (nSPS) is 19.2. The molecule has 4 N–H and O–H groups in total. The molecule has 54 heavy (non-hydrogen) atoms. The van der Waals surface area contributed by atoms with Crippen molar-refractivity contribution in [2.45, 2.75) is 83.0 Å². The molecule has 18 heteroatoms. The summed E-state index contributed by atoms with van der Waals surface area (Å²) in [4.78, 5) is 40.8. The van der Waals surface area contributed by atoms with Gasteiger partial charge in [0.05, 0.1) is 47.3 Å². The highest BCUT2D eigenvalue weighted by Crippen LogP contribution is 2.44. The van der Waals surface area contributed by atoms with E-state index in [1.807, 2.05) is 11.6 Å². The number of nitrogen functional groups attached to an aromatic ring is 1. The number of hydrogen-bond donors (Lipinski definition) is 2. The van der Waals surface area contributed by atoms with Gasteiger partial charge in [0.1, 0.15) is 12.4 Å². The summed E-state index contributed by atoms with van der Waals surface area (Å²) in [6, 6.07) is 2.27. The lowest BCUT2D eigenvalue weighted by Gasteiger charge is -2.33. The molecule has 1 unspecified atom stereocenters. The van der Waals surface area contributed by atoms with E-state index < -0.39 is 35.4 Å². The van der Waals surface area contributed by atoms with Crippen LogP contribution in [0.1, 0.15) is 92.7 Å². The topological polar surface area (TPSA) is 158 Å². The number of rotatable bonds is 7. The van der Waals surface area contributed by atoms with Gasteiger partial charge in [-0.15, -0.1) is 0 Å². The molecule has 0 radical (unpaired) electrons. The van der Waals surface area contributed by atoms with E-state index in [1.54, 1.807) is 14.1 Å². The Labute approximate surface area is 309 Å². The van der Waals surface area contributed by atoms with Gasteiger partial charge in [0, 0.05) is 50.4 Å². The number of benzene rings is 1. The van der Waals surface area contributed by atoms with Crippen LogP contribution in [0.25, 0.3) is 0 Å². The molecule has 7 rings (SSSR count). The van der Waals surface area contributed by atoms with Gasteiger partial charge >= 0.3 is 12.2 Å². The highest BCUT2D eigenvalue weighted by atomic mass is 19.4. The highest BCUT2D eigenvalue weighted by Gasteiger charge is 2.45. The number of primary amides is 1. The summed E-state index contributed by atoms with van der Waals surface area (Å²) in [7, 11) is 3.37. The predicted molar refractivity (Wildman–Crippen MR) is 188 cm³/mol. The summed E-state index contributed by atoms with van der Waals surface area (Å²) in [6.07, 6.45) is -2.98. The Balaban J connectivity index is 0.00000119. The summed E-state index contributed by atoms with van der Waals surface area (Å²) in [5.74, 6) is -0.858. The van der Waals surface area contributed by atoms with E-state index in [9.17, 15) is 31.5 Å². The van der Waals surface area contributed by atoms with Crippen LogP contribution in [-0.2, 0) is 37.0 Å². The number of halogens is 5. The van der Waals surface area contributed by atoms with Crippen LogP contribution >= 0.6 is 0 Å². The highest BCUT2D eigenvalue weighted by molar-refractivity contribution is 5.96. The number of hydrogen-bond acceptors (Lipinski definition) is 10. The minimum absolute atomic E-state index is 0.0378. The maximum atomic E-state index is 14.5. The maximum Gasteiger partial charge on any atom is 0.417 e. The van der Waals surface area contributed by atoms with Crippen LogP contribution in [0.2, 0.25) is 0 Å². The van der Waals surface area contributed by atoms with Gasteiger partial charge in [0.2, 0.25) is 5.91 Å². The second-order valence-corrected chi connectivity index (χ2v) is 14.3. The number of carbonyl (C=O) groups excluding carboxylic acids is 2. The van der Waals surface area contributed by atoms with Crippen molar-refractivity contribution in [3.05, 3.63) is 69.7 Å². The third-order valence-electron chi connectivity index (χ3n) is 10.6. The minimum Gasteiger partial charge on any atom is -0.461 e. The monoisotopic (exact) mass is 761 g/mol. The van der Waals surface area contributed by atoms with Crippen LogP contribution < -0.4 is 21.1 Å². The van der Waals surface area contributed by atoms with Crippen molar-refractivity contribution in [2.24, 2.45) is 5.73 Å². The smallest absolute Gasteiger partial charge is 0.417 e. The molecule has 4 aliphatic heterocycles. The van der Waals surface area contributed by atoms with Crippen molar-refractivity contribution < 1.29 is 41.0 Å². The van der Waals surface area contributed by atoms with E-state index >= 15 is 0 Å². The molecule has 1 atom stereocenters. The van der Waals surface area contributed by atoms with E-state index in [1.165, 1.54) is 11.0 Å². The van der Waals surface area contributed by atoms with E-state index in [-0.39, 0.29) is 41.7 Å². The molecule has 3 aromatic rings. The fourth-order valence-corrected chi connectivity index (χ4v) is 8.11. The van der Waals surface area contributed by atoms with E-state index in [4.69, 9.17) is 30.9 Å². The summed E-state index contributed by atoms with van der Waals surface area (Å²) >= 11 is 0. The zero-order valence-corrected chi connectivity index (χ0v) is 30.4. The van der Waals surface area contributed by atoms with E-state index in [0.717, 1.165) is 56.1 Å². The Morgan fingerprint density at radius 1 is 1.09 bits per heavy atom. The predicted octanol–water partition coefficient (Wildman–Crippen LogP) is 5.01.